The number of hydrogen-bond donors (Lipinski definition) is 1. The van der Waals surface area contributed by atoms with Crippen LogP contribution in [0.3, 0.4) is 0 Å². The molecule has 1 N–H and O–H groups in total. The summed E-state index contributed by atoms with van der Waals surface area (Å²) in [5.74, 6) is 0.854. The molecule has 0 spiro atoms. The normalized spacial score (nSPS) is 18.3. The molecular weight excluding hydrogens is 466 g/mol. The van der Waals surface area contributed by atoms with Crippen LogP contribution < -0.4 is 4.72 Å². The number of aryl methyl sites for hydroxylation is 1. The predicted octanol–water partition coefficient (Wildman–Crippen LogP) is 2.82. The molecule has 1 unspecified atom stereocenters. The summed E-state index contributed by atoms with van der Waals surface area (Å²) in [5, 5.41) is 13.5. The standard InChI is InChI=1S/C25H27N5O4S/c1-17-5-6-18(15-19(17)16-26)25-27-24(28-34-25)22-4-2-3-21-20(22)7-8-23(21)29-35(31,32)14-11-30-9-12-33-13-10-30/h2-6,15,23,29H,7-14H2,1H3. The summed E-state index contributed by atoms with van der Waals surface area (Å²) in [6, 6.07) is 13.1. The highest BCUT2D eigenvalue weighted by molar-refractivity contribution is 7.89. The maximum Gasteiger partial charge on any atom is 0.258 e. The van der Waals surface area contributed by atoms with Crippen LogP contribution in [0.25, 0.3) is 22.8 Å². The number of fused-ring (bicyclic) bond motifs is 1. The van der Waals surface area contributed by atoms with E-state index >= 15 is 0 Å². The van der Waals surface area contributed by atoms with Crippen molar-refractivity contribution >= 4 is 10.0 Å². The van der Waals surface area contributed by atoms with Crippen molar-refractivity contribution in [1.29, 1.82) is 5.26 Å². The third kappa shape index (κ3) is 5.13. The van der Waals surface area contributed by atoms with E-state index in [0.29, 0.717) is 49.0 Å². The Morgan fingerprint density at radius 2 is 2.06 bits per heavy atom. The first kappa shape index (κ1) is 23.6. The summed E-state index contributed by atoms with van der Waals surface area (Å²) in [7, 11) is -3.44. The van der Waals surface area contributed by atoms with Gasteiger partial charge in [0.15, 0.2) is 0 Å². The minimum absolute atomic E-state index is 0.0635. The predicted molar refractivity (Wildman–Crippen MR) is 130 cm³/mol. The molecule has 10 heteroatoms. The van der Waals surface area contributed by atoms with Gasteiger partial charge in [0.05, 0.1) is 30.6 Å². The summed E-state index contributed by atoms with van der Waals surface area (Å²) >= 11 is 0. The number of ether oxygens (including phenoxy) is 1. The molecule has 9 nitrogen and oxygen atoms in total. The second-order valence-electron chi connectivity index (χ2n) is 8.92. The largest absolute Gasteiger partial charge is 0.379 e. The van der Waals surface area contributed by atoms with Gasteiger partial charge in [-0.1, -0.05) is 29.4 Å². The Bertz CT molecular complexity index is 1370. The van der Waals surface area contributed by atoms with Crippen LogP contribution in [0.5, 0.6) is 0 Å². The molecule has 0 bridgehead atoms. The smallest absolute Gasteiger partial charge is 0.258 e. The summed E-state index contributed by atoms with van der Waals surface area (Å²) in [5.41, 5.74) is 4.94. The van der Waals surface area contributed by atoms with Crippen LogP contribution >= 0.6 is 0 Å². The van der Waals surface area contributed by atoms with Crippen LogP contribution in [-0.2, 0) is 21.2 Å². The number of nitrogens with zero attached hydrogens (tertiary/aromatic N) is 4. The van der Waals surface area contributed by atoms with Crippen LogP contribution in [0.4, 0.5) is 0 Å². The molecule has 182 valence electrons. The molecule has 3 aromatic rings. The van der Waals surface area contributed by atoms with Gasteiger partial charge in [0, 0.05) is 36.8 Å². The Hall–Kier alpha value is -3.10. The average molecular weight is 494 g/mol. The van der Waals surface area contributed by atoms with Crippen molar-refractivity contribution in [2.75, 3.05) is 38.6 Å². The fourth-order valence-corrected chi connectivity index (χ4v) is 5.96. The van der Waals surface area contributed by atoms with Crippen molar-refractivity contribution < 1.29 is 17.7 Å². The minimum atomic E-state index is -3.44. The van der Waals surface area contributed by atoms with Gasteiger partial charge >= 0.3 is 0 Å². The molecule has 2 aliphatic rings. The second-order valence-corrected chi connectivity index (χ2v) is 10.8. The van der Waals surface area contributed by atoms with Crippen LogP contribution in [0.2, 0.25) is 0 Å². The Labute approximate surface area is 204 Å². The molecule has 35 heavy (non-hydrogen) atoms. The van der Waals surface area contributed by atoms with Gasteiger partial charge in [-0.25, -0.2) is 13.1 Å². The van der Waals surface area contributed by atoms with Crippen molar-refractivity contribution in [2.24, 2.45) is 0 Å². The highest BCUT2D eigenvalue weighted by atomic mass is 32.2. The van der Waals surface area contributed by atoms with E-state index < -0.39 is 10.0 Å². The number of aromatic nitrogens is 2. The van der Waals surface area contributed by atoms with E-state index in [1.807, 2.05) is 37.3 Å². The molecule has 5 rings (SSSR count). The van der Waals surface area contributed by atoms with Crippen molar-refractivity contribution in [2.45, 2.75) is 25.8 Å². The quantitative estimate of drug-likeness (QED) is 0.533. The Morgan fingerprint density at radius 1 is 1.23 bits per heavy atom. The van der Waals surface area contributed by atoms with E-state index in [1.165, 1.54) is 0 Å². The summed E-state index contributed by atoms with van der Waals surface area (Å²) in [4.78, 5) is 6.69. The highest BCUT2D eigenvalue weighted by Gasteiger charge is 2.30. The highest BCUT2D eigenvalue weighted by Crippen LogP contribution is 2.37. The maximum atomic E-state index is 12.8. The number of hydrogen-bond acceptors (Lipinski definition) is 8. The van der Waals surface area contributed by atoms with Crippen LogP contribution in [-0.4, -0.2) is 62.1 Å². The SMILES string of the molecule is Cc1ccc(-c2nc(-c3cccc4c3CCC4NS(=O)(=O)CCN3CCOCC3)no2)cc1C#N. The van der Waals surface area contributed by atoms with E-state index in [9.17, 15) is 13.7 Å². The fourth-order valence-electron chi connectivity index (χ4n) is 4.66. The number of nitrogens with one attached hydrogen (secondary N) is 1. The van der Waals surface area contributed by atoms with E-state index in [4.69, 9.17) is 9.26 Å². The van der Waals surface area contributed by atoms with E-state index in [0.717, 1.165) is 41.8 Å². The van der Waals surface area contributed by atoms with Gasteiger partial charge in [-0.15, -0.1) is 0 Å². The van der Waals surface area contributed by atoms with E-state index in [-0.39, 0.29) is 11.8 Å². The van der Waals surface area contributed by atoms with Gasteiger partial charge in [0.2, 0.25) is 15.8 Å². The topological polar surface area (TPSA) is 121 Å². The van der Waals surface area contributed by atoms with Gasteiger partial charge in [0.25, 0.3) is 5.89 Å². The molecule has 0 amide bonds. The Morgan fingerprint density at radius 3 is 2.86 bits per heavy atom. The number of rotatable bonds is 7. The molecule has 1 aliphatic heterocycles. The lowest BCUT2D eigenvalue weighted by Gasteiger charge is -2.26. The lowest BCUT2D eigenvalue weighted by molar-refractivity contribution is 0.0408. The molecule has 1 aromatic heterocycles. The monoisotopic (exact) mass is 493 g/mol. The van der Waals surface area contributed by atoms with E-state index in [1.54, 1.807) is 6.07 Å². The van der Waals surface area contributed by atoms with Crippen LogP contribution in [0, 0.1) is 18.3 Å². The maximum absolute atomic E-state index is 12.8. The summed E-state index contributed by atoms with van der Waals surface area (Å²) in [6.07, 6.45) is 1.40. The molecule has 0 saturated carbocycles. The van der Waals surface area contributed by atoms with Gasteiger partial charge in [0.1, 0.15) is 0 Å². The third-order valence-corrected chi connectivity index (χ3v) is 8.01. The minimum Gasteiger partial charge on any atom is -0.379 e. The van der Waals surface area contributed by atoms with Crippen LogP contribution in [0.15, 0.2) is 40.9 Å². The first-order chi connectivity index (χ1) is 16.9. The van der Waals surface area contributed by atoms with Crippen molar-refractivity contribution in [1.82, 2.24) is 19.8 Å². The molecule has 1 atom stereocenters. The molecule has 1 aliphatic carbocycles. The lowest BCUT2D eigenvalue weighted by atomic mass is 10.0. The summed E-state index contributed by atoms with van der Waals surface area (Å²) < 4.78 is 39.3. The zero-order chi connectivity index (χ0) is 24.4. The third-order valence-electron chi connectivity index (χ3n) is 6.64. The van der Waals surface area contributed by atoms with Gasteiger partial charge in [-0.05, 0) is 48.6 Å². The first-order valence-corrected chi connectivity index (χ1v) is 13.4. The molecule has 0 radical (unpaired) electrons. The lowest BCUT2D eigenvalue weighted by Crippen LogP contribution is -2.41. The second kappa shape index (κ2) is 9.87. The Kier molecular flexibility index (Phi) is 6.67. The summed E-state index contributed by atoms with van der Waals surface area (Å²) in [6.45, 7) is 5.19. The molecule has 1 saturated heterocycles. The number of morpholine rings is 1. The molecule has 2 aromatic carbocycles. The average Bonchev–Trinajstić information content (AvgIpc) is 3.51. The number of sulfonamides is 1. The number of nitriles is 1. The Balaban J connectivity index is 1.33. The van der Waals surface area contributed by atoms with Gasteiger partial charge < -0.3 is 9.26 Å². The molecule has 1 fully saturated rings. The van der Waals surface area contributed by atoms with E-state index in [2.05, 4.69) is 25.8 Å². The van der Waals surface area contributed by atoms with Gasteiger partial charge in [-0.3, -0.25) is 4.90 Å². The molecular formula is C25H27N5O4S. The first-order valence-electron chi connectivity index (χ1n) is 11.7. The van der Waals surface area contributed by atoms with Crippen LogP contribution in [0.1, 0.15) is 34.7 Å². The van der Waals surface area contributed by atoms with Crippen molar-refractivity contribution in [3.05, 3.63) is 58.7 Å². The zero-order valence-electron chi connectivity index (χ0n) is 19.5. The molecule has 2 heterocycles. The number of benzene rings is 2. The fraction of sp³-hybridized carbons (Fsp3) is 0.400. The van der Waals surface area contributed by atoms with Gasteiger partial charge in [-0.2, -0.15) is 10.2 Å². The van der Waals surface area contributed by atoms with Crippen molar-refractivity contribution in [3.63, 3.8) is 0 Å². The van der Waals surface area contributed by atoms with Crippen molar-refractivity contribution in [3.8, 4) is 28.9 Å². The zero-order valence-corrected chi connectivity index (χ0v) is 20.3.